The van der Waals surface area contributed by atoms with Gasteiger partial charge in [-0.1, -0.05) is 6.92 Å². The molecule has 20 heteroatoms. The second kappa shape index (κ2) is 20.5. The maximum Gasteiger partial charge on any atom is 0.333 e. The van der Waals surface area contributed by atoms with Crippen LogP contribution in [0.5, 0.6) is 0 Å². The summed E-state index contributed by atoms with van der Waals surface area (Å²) < 4.78 is 0. The van der Waals surface area contributed by atoms with Gasteiger partial charge in [-0.2, -0.15) is 0 Å². The van der Waals surface area contributed by atoms with E-state index in [9.17, 15) is 43.5 Å². The Balaban J connectivity index is 3.05. The smallest absolute Gasteiger partial charge is 0.333 e. The van der Waals surface area contributed by atoms with Gasteiger partial charge in [-0.25, -0.2) is 33.8 Å². The van der Waals surface area contributed by atoms with E-state index >= 15 is 0 Å². The molecule has 6 N–H and O–H groups in total. The van der Waals surface area contributed by atoms with Gasteiger partial charge in [-0.3, -0.25) is 30.3 Å². The van der Waals surface area contributed by atoms with Crippen LogP contribution in [-0.2, 0) is 14.4 Å². The van der Waals surface area contributed by atoms with Gasteiger partial charge in [-0.05, 0) is 39.0 Å². The summed E-state index contributed by atoms with van der Waals surface area (Å²) >= 11 is 1.26. The van der Waals surface area contributed by atoms with Crippen molar-refractivity contribution in [1.82, 2.24) is 51.1 Å². The van der Waals surface area contributed by atoms with Crippen molar-refractivity contribution < 1.29 is 43.5 Å². The first-order chi connectivity index (χ1) is 22.8. The Morgan fingerprint density at radius 2 is 1.39 bits per heavy atom. The maximum atomic E-state index is 13.9. The van der Waals surface area contributed by atoms with Gasteiger partial charge >= 0.3 is 30.2 Å². The second-order valence-corrected chi connectivity index (χ2v) is 13.2. The molecule has 278 valence electrons. The van der Waals surface area contributed by atoms with E-state index in [1.807, 2.05) is 12.2 Å². The van der Waals surface area contributed by atoms with Crippen molar-refractivity contribution in [2.75, 3.05) is 73.7 Å². The number of aliphatic hydroxyl groups is 1. The van der Waals surface area contributed by atoms with Gasteiger partial charge in [0.15, 0.2) is 5.37 Å². The quantitative estimate of drug-likeness (QED) is 0.105. The van der Waals surface area contributed by atoms with Gasteiger partial charge in [0.05, 0.1) is 5.60 Å². The molecule has 0 aliphatic carbocycles. The standard InChI is InChI=1S/C29H52N10O9S/c1-9-11-20(40)36(6)23(49-17-10-14-39-15-12-31-13-16-39)22(42)35(5)19(18-29(2,3)48)21(41)32-26(45)38(8)28(47)34-24(43)33-27(46)37(7)25(44)30-4/h19,23,31,48H,9-18H2,1-8H3,(H,30,44)(H,32,41,45)(H2,33,34,43,46,47)/t19-,23+/m0/s1. The van der Waals surface area contributed by atoms with Gasteiger partial charge < -0.3 is 30.4 Å². The summed E-state index contributed by atoms with van der Waals surface area (Å²) in [6, 6.07) is -7.43. The minimum absolute atomic E-state index is 0.207. The summed E-state index contributed by atoms with van der Waals surface area (Å²) in [7, 11) is 6.09. The van der Waals surface area contributed by atoms with E-state index in [-0.39, 0.29) is 18.7 Å². The molecule has 0 radical (unpaired) electrons. The molecule has 13 amide bonds. The lowest BCUT2D eigenvalue weighted by molar-refractivity contribution is -0.145. The molecule has 0 aromatic carbocycles. The molecule has 1 aliphatic rings. The Bertz CT molecular complexity index is 1210. The molecule has 1 aliphatic heterocycles. The molecule has 0 unspecified atom stereocenters. The zero-order valence-corrected chi connectivity index (χ0v) is 30.4. The highest BCUT2D eigenvalue weighted by Crippen LogP contribution is 2.23. The van der Waals surface area contributed by atoms with Crippen LogP contribution < -0.4 is 26.6 Å². The van der Waals surface area contributed by atoms with Crippen LogP contribution in [0.15, 0.2) is 0 Å². The molecule has 0 aromatic rings. The third-order valence-corrected chi connectivity index (χ3v) is 8.80. The Labute approximate surface area is 291 Å². The van der Waals surface area contributed by atoms with Crippen molar-refractivity contribution in [3.63, 3.8) is 0 Å². The van der Waals surface area contributed by atoms with Gasteiger partial charge in [0.1, 0.15) is 6.04 Å². The molecule has 0 saturated carbocycles. The highest BCUT2D eigenvalue weighted by atomic mass is 32.2. The number of piperazine rings is 1. The minimum Gasteiger partial charge on any atom is -0.390 e. The highest BCUT2D eigenvalue weighted by molar-refractivity contribution is 8.00. The van der Waals surface area contributed by atoms with Crippen molar-refractivity contribution in [3.05, 3.63) is 0 Å². The van der Waals surface area contributed by atoms with Crippen LogP contribution in [0.2, 0.25) is 0 Å². The van der Waals surface area contributed by atoms with Crippen LogP contribution in [0.3, 0.4) is 0 Å². The Kier molecular flexibility index (Phi) is 18.0. The molecule has 0 spiro atoms. The van der Waals surface area contributed by atoms with E-state index in [0.29, 0.717) is 22.0 Å². The van der Waals surface area contributed by atoms with Crippen LogP contribution in [0.1, 0.15) is 46.5 Å². The summed E-state index contributed by atoms with van der Waals surface area (Å²) in [6.45, 7) is 9.10. The fourth-order valence-electron chi connectivity index (χ4n) is 4.51. The van der Waals surface area contributed by atoms with Crippen LogP contribution in [0.4, 0.5) is 24.0 Å². The third-order valence-electron chi connectivity index (χ3n) is 7.44. The largest absolute Gasteiger partial charge is 0.390 e. The fraction of sp³-hybridized carbons (Fsp3) is 0.724. The average molecular weight is 717 g/mol. The van der Waals surface area contributed by atoms with Gasteiger partial charge in [-0.15, -0.1) is 11.8 Å². The first-order valence-corrected chi connectivity index (χ1v) is 16.9. The lowest BCUT2D eigenvalue weighted by Gasteiger charge is -2.36. The fourth-order valence-corrected chi connectivity index (χ4v) is 5.68. The monoisotopic (exact) mass is 716 g/mol. The van der Waals surface area contributed by atoms with E-state index in [0.717, 1.165) is 58.1 Å². The molecule has 19 nitrogen and oxygen atoms in total. The van der Waals surface area contributed by atoms with E-state index in [1.54, 1.807) is 10.6 Å². The minimum atomic E-state index is -1.49. The Morgan fingerprint density at radius 3 is 1.90 bits per heavy atom. The summed E-state index contributed by atoms with van der Waals surface area (Å²) in [6.07, 6.45) is 1.20. The van der Waals surface area contributed by atoms with Crippen LogP contribution in [-0.4, -0.2) is 168 Å². The number of nitrogens with zero attached hydrogens (tertiary/aromatic N) is 5. The number of thioether (sulfide) groups is 1. The number of amides is 13. The van der Waals surface area contributed by atoms with Gasteiger partial charge in [0.25, 0.3) is 11.8 Å². The SMILES string of the molecule is CCCC(=O)N(C)[C@H](SCCCN1CCNCC1)C(=O)N(C)[C@@H](CC(C)(C)O)C(=O)NC(=O)N(C)C(=O)NC(=O)NC(=O)N(C)C(=O)NC. The van der Waals surface area contributed by atoms with Crippen molar-refractivity contribution in [3.8, 4) is 0 Å². The molecule has 1 heterocycles. The molecule has 0 aromatic heterocycles. The van der Waals surface area contributed by atoms with Gasteiger partial charge in [0, 0.05) is 74.3 Å². The molecule has 2 atom stereocenters. The molecular weight excluding hydrogens is 664 g/mol. The number of nitrogens with one attached hydrogen (secondary N) is 5. The topological polar surface area (TPSA) is 233 Å². The van der Waals surface area contributed by atoms with E-state index in [4.69, 9.17) is 0 Å². The van der Waals surface area contributed by atoms with E-state index in [1.165, 1.54) is 51.7 Å². The predicted molar refractivity (Wildman–Crippen MR) is 181 cm³/mol. The summed E-state index contributed by atoms with van der Waals surface area (Å²) in [5.74, 6) is -1.37. The molecule has 0 bridgehead atoms. The van der Waals surface area contributed by atoms with Crippen molar-refractivity contribution in [2.24, 2.45) is 0 Å². The van der Waals surface area contributed by atoms with E-state index in [2.05, 4.69) is 15.5 Å². The van der Waals surface area contributed by atoms with Crippen molar-refractivity contribution in [1.29, 1.82) is 0 Å². The Morgan fingerprint density at radius 1 is 0.857 bits per heavy atom. The zero-order valence-electron chi connectivity index (χ0n) is 29.6. The van der Waals surface area contributed by atoms with Crippen molar-refractivity contribution in [2.45, 2.75) is 63.5 Å². The summed E-state index contributed by atoms with van der Waals surface area (Å²) in [5, 5.41) is 20.5. The van der Waals surface area contributed by atoms with Crippen LogP contribution in [0.25, 0.3) is 0 Å². The first kappa shape index (κ1) is 43.0. The first-order valence-electron chi connectivity index (χ1n) is 15.8. The Hall–Kier alpha value is -4.01. The zero-order chi connectivity index (χ0) is 37.5. The highest BCUT2D eigenvalue weighted by Gasteiger charge is 2.38. The molecule has 49 heavy (non-hydrogen) atoms. The van der Waals surface area contributed by atoms with Crippen LogP contribution in [0, 0.1) is 0 Å². The molecule has 1 fully saturated rings. The number of carbonyl (C=O) groups is 8. The number of carbonyl (C=O) groups excluding carboxylic acids is 8. The van der Waals surface area contributed by atoms with Crippen LogP contribution >= 0.6 is 11.8 Å². The summed E-state index contributed by atoms with van der Waals surface area (Å²) in [5.41, 5.74) is -1.49. The maximum absolute atomic E-state index is 13.9. The number of hydrogen-bond donors (Lipinski definition) is 6. The summed E-state index contributed by atoms with van der Waals surface area (Å²) in [4.78, 5) is 107. The number of rotatable bonds is 13. The normalized spacial score (nSPS) is 14.4. The van der Waals surface area contributed by atoms with E-state index < -0.39 is 59.0 Å². The number of hydrogen-bond acceptors (Lipinski definition) is 12. The lowest BCUT2D eigenvalue weighted by Crippen LogP contribution is -2.58. The molecular formula is C29H52N10O9S. The second-order valence-electron chi connectivity index (χ2n) is 12.1. The number of imide groups is 5. The number of likely N-dealkylation sites (N-methyl/N-ethyl adjacent to an activating group) is 2. The number of urea groups is 5. The average Bonchev–Trinajstić information content (AvgIpc) is 3.05. The molecule has 1 rings (SSSR count). The third kappa shape index (κ3) is 14.6. The van der Waals surface area contributed by atoms with Crippen molar-refractivity contribution >= 4 is 59.6 Å². The predicted octanol–water partition coefficient (Wildman–Crippen LogP) is -0.434. The molecule has 1 saturated heterocycles. The lowest BCUT2D eigenvalue weighted by atomic mass is 9.97. The van der Waals surface area contributed by atoms with Gasteiger partial charge in [0.2, 0.25) is 5.91 Å².